The van der Waals surface area contributed by atoms with Crippen LogP contribution in [0, 0.1) is 0 Å². The summed E-state index contributed by atoms with van der Waals surface area (Å²) < 4.78 is 5.89. The van der Waals surface area contributed by atoms with Crippen LogP contribution in [-0.4, -0.2) is 46.9 Å². The second kappa shape index (κ2) is 43.5. The summed E-state index contributed by atoms with van der Waals surface area (Å²) in [4.78, 5) is 25.9. The highest BCUT2D eigenvalue weighted by Crippen LogP contribution is 2.18. The van der Waals surface area contributed by atoms with Crippen molar-refractivity contribution in [2.75, 3.05) is 6.61 Å². The van der Waals surface area contributed by atoms with Gasteiger partial charge in [-0.15, -0.1) is 0 Å². The molecule has 0 radical (unpaired) electrons. The summed E-state index contributed by atoms with van der Waals surface area (Å²) >= 11 is 0. The molecule has 3 N–H and O–H groups in total. The van der Waals surface area contributed by atoms with Gasteiger partial charge in [-0.05, 0) is 57.8 Å². The van der Waals surface area contributed by atoms with Crippen LogP contribution in [0.25, 0.3) is 0 Å². The Morgan fingerprint density at radius 1 is 0.527 bits per heavy atom. The zero-order valence-electron chi connectivity index (χ0n) is 36.8. The van der Waals surface area contributed by atoms with Gasteiger partial charge in [0.25, 0.3) is 0 Å². The van der Waals surface area contributed by atoms with E-state index in [-0.39, 0.29) is 24.9 Å². The summed E-state index contributed by atoms with van der Waals surface area (Å²) in [5.41, 5.74) is 0. The Hall–Kier alpha value is -1.66. The molecule has 3 unspecified atom stereocenters. The number of amides is 1. The van der Waals surface area contributed by atoms with Crippen LogP contribution in [0.4, 0.5) is 0 Å². The van der Waals surface area contributed by atoms with E-state index in [0.717, 1.165) is 51.4 Å². The first kappa shape index (κ1) is 53.3. The van der Waals surface area contributed by atoms with Crippen LogP contribution < -0.4 is 5.32 Å². The first-order chi connectivity index (χ1) is 27.0. The molecule has 1 amide bonds. The summed E-state index contributed by atoms with van der Waals surface area (Å²) in [5, 5.41) is 23.6. The van der Waals surface area contributed by atoms with E-state index in [1.165, 1.54) is 154 Å². The third-order valence-electron chi connectivity index (χ3n) is 11.0. The molecule has 0 aliphatic heterocycles. The molecular weight excluding hydrogens is 683 g/mol. The maximum absolute atomic E-state index is 13.1. The molecule has 55 heavy (non-hydrogen) atoms. The van der Waals surface area contributed by atoms with Crippen molar-refractivity contribution in [3.05, 3.63) is 24.3 Å². The van der Waals surface area contributed by atoms with Gasteiger partial charge in [-0.2, -0.15) is 0 Å². The highest BCUT2D eigenvalue weighted by atomic mass is 16.5. The Morgan fingerprint density at radius 2 is 0.927 bits per heavy atom. The number of allylic oxidation sites excluding steroid dienone is 4. The molecule has 0 bridgehead atoms. The highest BCUT2D eigenvalue weighted by Gasteiger charge is 2.24. The molecule has 0 aliphatic carbocycles. The average molecular weight is 776 g/mol. The van der Waals surface area contributed by atoms with Crippen LogP contribution in [0.2, 0.25) is 0 Å². The van der Waals surface area contributed by atoms with Crippen LogP contribution >= 0.6 is 0 Å². The van der Waals surface area contributed by atoms with Gasteiger partial charge in [-0.25, -0.2) is 0 Å². The van der Waals surface area contributed by atoms with Crippen LogP contribution in [-0.2, 0) is 14.3 Å². The summed E-state index contributed by atoms with van der Waals surface area (Å²) in [6.07, 6.45) is 48.2. The minimum atomic E-state index is -0.781. The number of esters is 1. The third kappa shape index (κ3) is 39.0. The van der Waals surface area contributed by atoms with Gasteiger partial charge in [0.15, 0.2) is 0 Å². The maximum atomic E-state index is 13.1. The van der Waals surface area contributed by atoms with E-state index in [9.17, 15) is 19.8 Å². The van der Waals surface area contributed by atoms with Crippen LogP contribution in [0.1, 0.15) is 252 Å². The van der Waals surface area contributed by atoms with Crippen molar-refractivity contribution in [3.8, 4) is 0 Å². The molecule has 0 saturated carbocycles. The SMILES string of the molecule is CCCCC/C=C\C/C=C\CCCCCCCCCCCC(=O)OC(CCCCCCCCC)CC(=O)NC(CO)C(O)CCCCCCCCCCCC. The second-order valence-corrected chi connectivity index (χ2v) is 16.5. The van der Waals surface area contributed by atoms with Crippen molar-refractivity contribution in [2.24, 2.45) is 0 Å². The van der Waals surface area contributed by atoms with Crippen LogP contribution in [0.15, 0.2) is 24.3 Å². The second-order valence-electron chi connectivity index (χ2n) is 16.5. The van der Waals surface area contributed by atoms with Gasteiger partial charge in [0.05, 0.1) is 25.2 Å². The zero-order chi connectivity index (χ0) is 40.3. The van der Waals surface area contributed by atoms with Crippen molar-refractivity contribution in [1.82, 2.24) is 5.32 Å². The lowest BCUT2D eigenvalue weighted by Gasteiger charge is -2.24. The van der Waals surface area contributed by atoms with E-state index in [4.69, 9.17) is 4.74 Å². The molecule has 0 fully saturated rings. The fourth-order valence-electron chi connectivity index (χ4n) is 7.34. The molecule has 0 aromatic rings. The van der Waals surface area contributed by atoms with Crippen LogP contribution in [0.5, 0.6) is 0 Å². The lowest BCUT2D eigenvalue weighted by atomic mass is 10.0. The highest BCUT2D eigenvalue weighted by molar-refractivity contribution is 5.77. The van der Waals surface area contributed by atoms with E-state index in [2.05, 4.69) is 50.4 Å². The third-order valence-corrected chi connectivity index (χ3v) is 11.0. The summed E-state index contributed by atoms with van der Waals surface area (Å²) in [6, 6.07) is -0.694. The lowest BCUT2D eigenvalue weighted by Crippen LogP contribution is -2.46. The van der Waals surface area contributed by atoms with Crippen molar-refractivity contribution in [3.63, 3.8) is 0 Å². The number of rotatable bonds is 43. The quantitative estimate of drug-likeness (QED) is 0.0326. The maximum Gasteiger partial charge on any atom is 0.306 e. The molecule has 0 saturated heterocycles. The molecule has 6 nitrogen and oxygen atoms in total. The topological polar surface area (TPSA) is 95.9 Å². The predicted octanol–water partition coefficient (Wildman–Crippen LogP) is 14.0. The van der Waals surface area contributed by atoms with Crippen molar-refractivity contribution < 1.29 is 24.5 Å². The summed E-state index contributed by atoms with van der Waals surface area (Å²) in [5.74, 6) is -0.475. The number of ether oxygens (including phenoxy) is 1. The zero-order valence-corrected chi connectivity index (χ0v) is 36.8. The molecule has 6 heteroatoms. The number of carbonyl (C=O) groups excluding carboxylic acids is 2. The number of aliphatic hydroxyl groups excluding tert-OH is 2. The molecule has 0 heterocycles. The molecule has 0 rings (SSSR count). The molecule has 0 aromatic heterocycles. The first-order valence-electron chi connectivity index (χ1n) is 24.1. The monoisotopic (exact) mass is 776 g/mol. The molecular formula is C49H93NO5. The number of hydrogen-bond acceptors (Lipinski definition) is 5. The Labute approximate surface area is 341 Å². The van der Waals surface area contributed by atoms with E-state index in [1.807, 2.05) is 0 Å². The fourth-order valence-corrected chi connectivity index (χ4v) is 7.34. The Morgan fingerprint density at radius 3 is 1.42 bits per heavy atom. The first-order valence-corrected chi connectivity index (χ1v) is 24.1. The van der Waals surface area contributed by atoms with E-state index < -0.39 is 18.2 Å². The van der Waals surface area contributed by atoms with Crippen LogP contribution in [0.3, 0.4) is 0 Å². The Balaban J connectivity index is 4.34. The molecule has 324 valence electrons. The van der Waals surface area contributed by atoms with Crippen molar-refractivity contribution in [2.45, 2.75) is 270 Å². The van der Waals surface area contributed by atoms with Gasteiger partial charge >= 0.3 is 5.97 Å². The average Bonchev–Trinajstić information content (AvgIpc) is 3.18. The minimum absolute atomic E-state index is 0.0792. The lowest BCUT2D eigenvalue weighted by molar-refractivity contribution is -0.151. The standard InChI is InChI=1S/C49H93NO5/c1-4-7-10-13-16-18-20-21-22-23-24-25-26-27-28-30-33-36-39-42-49(54)55-45(40-37-34-31-15-12-9-6-3)43-48(53)50-46(44-51)47(52)41-38-35-32-29-19-17-14-11-8-5-2/h16,18,21-22,45-47,51-52H,4-15,17,19-20,23-44H2,1-3H3,(H,50,53)/b18-16-,22-21-. The number of nitrogens with one attached hydrogen (secondary N) is 1. The van der Waals surface area contributed by atoms with Crippen molar-refractivity contribution >= 4 is 11.9 Å². The Kier molecular flexibility index (Phi) is 42.2. The normalized spacial score (nSPS) is 13.5. The van der Waals surface area contributed by atoms with E-state index >= 15 is 0 Å². The predicted molar refractivity (Wildman–Crippen MR) is 236 cm³/mol. The van der Waals surface area contributed by atoms with Gasteiger partial charge < -0.3 is 20.3 Å². The molecule has 0 spiro atoms. The van der Waals surface area contributed by atoms with E-state index in [1.54, 1.807) is 0 Å². The fraction of sp³-hybridized carbons (Fsp3) is 0.878. The number of carbonyl (C=O) groups is 2. The van der Waals surface area contributed by atoms with Gasteiger partial charge in [0.2, 0.25) is 5.91 Å². The van der Waals surface area contributed by atoms with Gasteiger partial charge in [-0.1, -0.05) is 206 Å². The van der Waals surface area contributed by atoms with Crippen molar-refractivity contribution in [1.29, 1.82) is 0 Å². The number of hydrogen-bond donors (Lipinski definition) is 3. The molecule has 0 aliphatic rings. The Bertz CT molecular complexity index is 873. The summed E-state index contributed by atoms with van der Waals surface area (Å²) in [7, 11) is 0. The number of aliphatic hydroxyl groups is 2. The number of unbranched alkanes of at least 4 members (excludes halogenated alkanes) is 27. The molecule has 0 aromatic carbocycles. The van der Waals surface area contributed by atoms with Gasteiger partial charge in [0, 0.05) is 6.42 Å². The van der Waals surface area contributed by atoms with E-state index in [0.29, 0.717) is 19.3 Å². The smallest absolute Gasteiger partial charge is 0.306 e. The molecule has 3 atom stereocenters. The largest absolute Gasteiger partial charge is 0.462 e. The minimum Gasteiger partial charge on any atom is -0.462 e. The summed E-state index contributed by atoms with van der Waals surface area (Å²) in [6.45, 7) is 6.42. The van der Waals surface area contributed by atoms with Gasteiger partial charge in [-0.3, -0.25) is 9.59 Å². The van der Waals surface area contributed by atoms with Gasteiger partial charge in [0.1, 0.15) is 6.10 Å².